The summed E-state index contributed by atoms with van der Waals surface area (Å²) in [6.07, 6.45) is 0. The van der Waals surface area contributed by atoms with Crippen molar-refractivity contribution in [2.75, 3.05) is 13.2 Å². The van der Waals surface area contributed by atoms with Crippen molar-refractivity contribution in [2.45, 2.75) is 19.9 Å². The zero-order valence-corrected chi connectivity index (χ0v) is 9.60. The van der Waals surface area contributed by atoms with E-state index in [1.54, 1.807) is 6.92 Å². The molecular weight excluding hydrogens is 206 g/mol. The summed E-state index contributed by atoms with van der Waals surface area (Å²) in [5.41, 5.74) is 6.61. The van der Waals surface area contributed by atoms with Gasteiger partial charge in [-0.1, -0.05) is 18.2 Å². The molecule has 1 atom stereocenters. The number of benzene rings is 1. The standard InChI is InChI=1S/C12H17NO3/c1-3-15-12(14)10(13)8-16-11-7-5-4-6-9(11)2/h4-7,10H,3,8,13H2,1-2H3. The summed E-state index contributed by atoms with van der Waals surface area (Å²) in [5.74, 6) is 0.304. The molecule has 0 amide bonds. The summed E-state index contributed by atoms with van der Waals surface area (Å²) in [6, 6.07) is 6.84. The molecule has 2 N–H and O–H groups in total. The molecule has 88 valence electrons. The van der Waals surface area contributed by atoms with Gasteiger partial charge in [0.25, 0.3) is 0 Å². The Labute approximate surface area is 95.3 Å². The Hall–Kier alpha value is -1.55. The van der Waals surface area contributed by atoms with Gasteiger partial charge in [-0.2, -0.15) is 0 Å². The third-order valence-corrected chi connectivity index (χ3v) is 2.10. The largest absolute Gasteiger partial charge is 0.491 e. The highest BCUT2D eigenvalue weighted by molar-refractivity contribution is 5.75. The van der Waals surface area contributed by atoms with E-state index in [4.69, 9.17) is 15.2 Å². The third kappa shape index (κ3) is 3.55. The Morgan fingerprint density at radius 2 is 2.12 bits per heavy atom. The highest BCUT2D eigenvalue weighted by Crippen LogP contribution is 2.16. The predicted molar refractivity (Wildman–Crippen MR) is 61.3 cm³/mol. The van der Waals surface area contributed by atoms with Gasteiger partial charge in [-0.15, -0.1) is 0 Å². The van der Waals surface area contributed by atoms with Gasteiger partial charge in [0, 0.05) is 0 Å². The van der Waals surface area contributed by atoms with Crippen LogP contribution in [0.25, 0.3) is 0 Å². The van der Waals surface area contributed by atoms with E-state index < -0.39 is 12.0 Å². The Bertz CT molecular complexity index is 352. The fourth-order valence-electron chi connectivity index (χ4n) is 1.22. The summed E-state index contributed by atoms with van der Waals surface area (Å²) < 4.78 is 10.2. The topological polar surface area (TPSA) is 61.5 Å². The van der Waals surface area contributed by atoms with Gasteiger partial charge in [0.1, 0.15) is 18.4 Å². The molecule has 0 heterocycles. The molecule has 4 heteroatoms. The van der Waals surface area contributed by atoms with E-state index in [9.17, 15) is 4.79 Å². The Kier molecular flexibility index (Phi) is 4.79. The molecule has 1 aromatic carbocycles. The minimum atomic E-state index is -0.737. The van der Waals surface area contributed by atoms with Crippen LogP contribution >= 0.6 is 0 Å². The number of esters is 1. The molecule has 1 aromatic rings. The van der Waals surface area contributed by atoms with Crippen molar-refractivity contribution in [3.63, 3.8) is 0 Å². The Morgan fingerprint density at radius 1 is 1.44 bits per heavy atom. The van der Waals surface area contributed by atoms with E-state index in [0.717, 1.165) is 11.3 Å². The van der Waals surface area contributed by atoms with E-state index in [2.05, 4.69) is 0 Å². The van der Waals surface area contributed by atoms with Gasteiger partial charge in [0.05, 0.1) is 6.61 Å². The zero-order chi connectivity index (χ0) is 12.0. The van der Waals surface area contributed by atoms with Crippen molar-refractivity contribution < 1.29 is 14.3 Å². The average molecular weight is 223 g/mol. The molecule has 0 aromatic heterocycles. The summed E-state index contributed by atoms with van der Waals surface area (Å²) >= 11 is 0. The maximum Gasteiger partial charge on any atom is 0.326 e. The Morgan fingerprint density at radius 3 is 2.75 bits per heavy atom. The molecule has 1 unspecified atom stereocenters. The first-order valence-corrected chi connectivity index (χ1v) is 5.25. The molecule has 0 aliphatic rings. The molecule has 0 radical (unpaired) electrons. The number of carbonyl (C=O) groups is 1. The fourth-order valence-corrected chi connectivity index (χ4v) is 1.22. The first-order valence-electron chi connectivity index (χ1n) is 5.25. The van der Waals surface area contributed by atoms with Gasteiger partial charge in [-0.3, -0.25) is 4.79 Å². The third-order valence-electron chi connectivity index (χ3n) is 2.10. The van der Waals surface area contributed by atoms with Crippen molar-refractivity contribution in [1.29, 1.82) is 0 Å². The van der Waals surface area contributed by atoms with Crippen LogP contribution in [0, 0.1) is 6.92 Å². The molecule has 16 heavy (non-hydrogen) atoms. The molecule has 4 nitrogen and oxygen atoms in total. The molecule has 0 saturated carbocycles. The predicted octanol–water partition coefficient (Wildman–Crippen LogP) is 1.26. The highest BCUT2D eigenvalue weighted by atomic mass is 16.5. The van der Waals surface area contributed by atoms with Gasteiger partial charge in [0.2, 0.25) is 0 Å². The van der Waals surface area contributed by atoms with E-state index >= 15 is 0 Å². The summed E-state index contributed by atoms with van der Waals surface area (Å²) in [5, 5.41) is 0. The lowest BCUT2D eigenvalue weighted by Crippen LogP contribution is -2.37. The van der Waals surface area contributed by atoms with E-state index in [-0.39, 0.29) is 6.61 Å². The number of hydrogen-bond donors (Lipinski definition) is 1. The SMILES string of the molecule is CCOC(=O)C(N)COc1ccccc1C. The quantitative estimate of drug-likeness (QED) is 0.763. The van der Waals surface area contributed by atoms with Crippen molar-refractivity contribution >= 4 is 5.97 Å². The molecule has 0 saturated heterocycles. The fraction of sp³-hybridized carbons (Fsp3) is 0.417. The van der Waals surface area contributed by atoms with Crippen LogP contribution in [-0.4, -0.2) is 25.2 Å². The van der Waals surface area contributed by atoms with Crippen LogP contribution in [0.4, 0.5) is 0 Å². The smallest absolute Gasteiger partial charge is 0.326 e. The van der Waals surface area contributed by atoms with Gasteiger partial charge in [0.15, 0.2) is 0 Å². The summed E-state index contributed by atoms with van der Waals surface area (Å²) in [7, 11) is 0. The van der Waals surface area contributed by atoms with Gasteiger partial charge >= 0.3 is 5.97 Å². The molecule has 0 aliphatic carbocycles. The van der Waals surface area contributed by atoms with Gasteiger partial charge < -0.3 is 15.2 Å². The maximum absolute atomic E-state index is 11.2. The van der Waals surface area contributed by atoms with Crippen LogP contribution < -0.4 is 10.5 Å². The maximum atomic E-state index is 11.2. The van der Waals surface area contributed by atoms with Crippen LogP contribution in [0.1, 0.15) is 12.5 Å². The number of nitrogens with two attached hydrogens (primary N) is 1. The van der Waals surface area contributed by atoms with Crippen LogP contribution in [0.5, 0.6) is 5.75 Å². The minimum Gasteiger partial charge on any atom is -0.491 e. The number of hydrogen-bond acceptors (Lipinski definition) is 4. The van der Waals surface area contributed by atoms with Crippen molar-refractivity contribution in [3.8, 4) is 5.75 Å². The molecule has 1 rings (SSSR count). The lowest BCUT2D eigenvalue weighted by atomic mass is 10.2. The lowest BCUT2D eigenvalue weighted by molar-refractivity contribution is -0.145. The second-order valence-electron chi connectivity index (χ2n) is 3.44. The highest BCUT2D eigenvalue weighted by Gasteiger charge is 2.15. The number of rotatable bonds is 5. The van der Waals surface area contributed by atoms with Gasteiger partial charge in [-0.25, -0.2) is 0 Å². The molecule has 0 spiro atoms. The molecule has 0 aliphatic heterocycles. The number of carbonyl (C=O) groups excluding carboxylic acids is 1. The van der Waals surface area contributed by atoms with E-state index in [1.807, 2.05) is 31.2 Å². The minimum absolute atomic E-state index is 0.129. The van der Waals surface area contributed by atoms with Crippen LogP contribution in [0.3, 0.4) is 0 Å². The van der Waals surface area contributed by atoms with Crippen molar-refractivity contribution in [2.24, 2.45) is 5.73 Å². The normalized spacial score (nSPS) is 11.9. The first-order chi connectivity index (χ1) is 7.65. The second kappa shape index (κ2) is 6.12. The monoisotopic (exact) mass is 223 g/mol. The van der Waals surface area contributed by atoms with Gasteiger partial charge in [-0.05, 0) is 25.5 Å². The second-order valence-corrected chi connectivity index (χ2v) is 3.44. The van der Waals surface area contributed by atoms with Crippen molar-refractivity contribution in [3.05, 3.63) is 29.8 Å². The average Bonchev–Trinajstić information content (AvgIpc) is 2.28. The van der Waals surface area contributed by atoms with Crippen LogP contribution in [0.15, 0.2) is 24.3 Å². The van der Waals surface area contributed by atoms with E-state index in [1.165, 1.54) is 0 Å². The van der Waals surface area contributed by atoms with Crippen LogP contribution in [-0.2, 0) is 9.53 Å². The molecule has 0 fully saturated rings. The summed E-state index contributed by atoms with van der Waals surface area (Å²) in [6.45, 7) is 4.14. The Balaban J connectivity index is 2.46. The molecule has 0 bridgehead atoms. The van der Waals surface area contributed by atoms with Crippen molar-refractivity contribution in [1.82, 2.24) is 0 Å². The zero-order valence-electron chi connectivity index (χ0n) is 9.60. The van der Waals surface area contributed by atoms with Crippen LogP contribution in [0.2, 0.25) is 0 Å². The molecular formula is C12H17NO3. The lowest BCUT2D eigenvalue weighted by Gasteiger charge is -2.13. The first kappa shape index (κ1) is 12.5. The summed E-state index contributed by atoms with van der Waals surface area (Å²) in [4.78, 5) is 11.2. The number of aryl methyl sites for hydroxylation is 1. The number of para-hydroxylation sites is 1. The van der Waals surface area contributed by atoms with E-state index in [0.29, 0.717) is 6.61 Å². The number of ether oxygens (including phenoxy) is 2.